The zero-order valence-corrected chi connectivity index (χ0v) is 25.7. The van der Waals surface area contributed by atoms with Crippen molar-refractivity contribution in [2.24, 2.45) is 0 Å². The Morgan fingerprint density at radius 2 is 1.18 bits per heavy atom. The van der Waals surface area contributed by atoms with Crippen LogP contribution >= 0.6 is 11.3 Å². The molecule has 0 aliphatic carbocycles. The van der Waals surface area contributed by atoms with E-state index in [1.165, 1.54) is 6.07 Å². The van der Waals surface area contributed by atoms with Crippen LogP contribution < -0.4 is 16.4 Å². The Kier molecular flexibility index (Phi) is 2.74. The SMILES string of the molecule is [2H]c1c([2H])c([2H])c(-c2cc(-c3c([2H])c4c5c(c3[2H])-c3c([2H])c([2H])c([2H])c6sc7c([2H])c([2H])c([2H])c(c7c36)B5c3c([2H])c([2H])c([2H])c5oc6c([2H])c([2H])c([2H])c-4c6c35)c3ccccc3c2)c([2H])c1[2H]. The van der Waals surface area contributed by atoms with E-state index in [2.05, 4.69) is 0 Å². The maximum absolute atomic E-state index is 10.5. The molecular formula is C46H25BOS. The molecule has 2 aliphatic rings. The van der Waals surface area contributed by atoms with Gasteiger partial charge >= 0.3 is 0 Å². The molecule has 4 heterocycles. The van der Waals surface area contributed by atoms with E-state index in [1.54, 1.807) is 30.3 Å². The molecule has 49 heavy (non-hydrogen) atoms. The molecule has 0 bridgehead atoms. The Morgan fingerprint density at radius 3 is 2.02 bits per heavy atom. The smallest absolute Gasteiger partial charge is 0.244 e. The Morgan fingerprint density at radius 1 is 0.510 bits per heavy atom. The first kappa shape index (κ1) is 14.3. The zero-order valence-electron chi connectivity index (χ0n) is 43.9. The summed E-state index contributed by atoms with van der Waals surface area (Å²) in [6, 6.07) is -0.540. The molecule has 0 radical (unpaired) electrons. The molecule has 0 fully saturated rings. The fourth-order valence-electron chi connectivity index (χ4n) is 7.72. The molecular weight excluding hydrogens is 611 g/mol. The van der Waals surface area contributed by atoms with Gasteiger partial charge in [-0.3, -0.25) is 0 Å². The number of hydrogen-bond acceptors (Lipinski definition) is 2. The summed E-state index contributed by atoms with van der Waals surface area (Å²) in [4.78, 5) is 0. The van der Waals surface area contributed by atoms with E-state index in [9.17, 15) is 9.60 Å². The minimum atomic E-state index is -1.57. The molecule has 0 N–H and O–H groups in total. The molecule has 10 aromatic rings. The van der Waals surface area contributed by atoms with Gasteiger partial charge in [0.1, 0.15) is 11.2 Å². The molecule has 3 heteroatoms. The van der Waals surface area contributed by atoms with E-state index in [1.807, 2.05) is 0 Å². The van der Waals surface area contributed by atoms with Gasteiger partial charge in [-0.05, 0) is 109 Å². The third kappa shape index (κ3) is 3.40. The standard InChI is InChI=1S/C46H25BOS/c1-2-10-26(11-3-1)28-22-27-12-4-5-13-30(27)33(23-28)29-24-34-31-14-6-18-38-42(31)44-36(16-8-19-39(44)48-38)47-37-17-9-21-41-45(37)43-32(35(25-29)46(34)47)15-7-20-40(43)49-41/h1-25H/i1D,2D,3D,6D,7D,8D,9D,10D,11D,14D,15D,16D,17D,18D,19D,20D,21D,24D,25D. The van der Waals surface area contributed by atoms with Crippen LogP contribution in [0.5, 0.6) is 0 Å². The van der Waals surface area contributed by atoms with Crippen LogP contribution in [-0.2, 0) is 0 Å². The number of rotatable bonds is 2. The normalized spacial score (nSPS) is 18.3. The Labute approximate surface area is 313 Å². The van der Waals surface area contributed by atoms with Crippen molar-refractivity contribution in [1.29, 1.82) is 0 Å². The highest BCUT2D eigenvalue weighted by Crippen LogP contribution is 2.46. The molecule has 12 rings (SSSR count). The summed E-state index contributed by atoms with van der Waals surface area (Å²) >= 11 is 0.890. The minimum Gasteiger partial charge on any atom is -0.456 e. The summed E-state index contributed by atoms with van der Waals surface area (Å²) in [7, 11) is 0. The van der Waals surface area contributed by atoms with E-state index in [0.29, 0.717) is 10.8 Å². The summed E-state index contributed by atoms with van der Waals surface area (Å²) < 4.78 is 182. The zero-order chi connectivity index (χ0) is 48.3. The van der Waals surface area contributed by atoms with E-state index < -0.39 is 122 Å². The van der Waals surface area contributed by atoms with E-state index in [-0.39, 0.29) is 103 Å². The average Bonchev–Trinajstić information content (AvgIpc) is 3.83. The second kappa shape index (κ2) is 9.38. The van der Waals surface area contributed by atoms with Gasteiger partial charge in [0.2, 0.25) is 6.71 Å². The molecule has 224 valence electrons. The topological polar surface area (TPSA) is 13.1 Å². The molecule has 0 saturated heterocycles. The van der Waals surface area contributed by atoms with Gasteiger partial charge in [-0.15, -0.1) is 11.3 Å². The highest BCUT2D eigenvalue weighted by molar-refractivity contribution is 7.26. The summed E-state index contributed by atoms with van der Waals surface area (Å²) in [6.07, 6.45) is 0. The molecule has 0 spiro atoms. The van der Waals surface area contributed by atoms with Crippen LogP contribution in [0.1, 0.15) is 26.0 Å². The summed E-state index contributed by atoms with van der Waals surface area (Å²) in [6.45, 7) is -1.57. The largest absolute Gasteiger partial charge is 0.456 e. The van der Waals surface area contributed by atoms with Crippen molar-refractivity contribution >= 4 is 87.3 Å². The van der Waals surface area contributed by atoms with E-state index >= 15 is 0 Å². The van der Waals surface area contributed by atoms with Gasteiger partial charge in [-0.1, -0.05) is 119 Å². The fourth-order valence-corrected chi connectivity index (χ4v) is 8.75. The first-order valence-electron chi connectivity index (χ1n) is 24.9. The maximum atomic E-state index is 10.5. The molecule has 2 aliphatic heterocycles. The van der Waals surface area contributed by atoms with Crippen molar-refractivity contribution in [2.45, 2.75) is 0 Å². The number of benzene rings is 8. The molecule has 0 atom stereocenters. The number of fused-ring (bicyclic) bond motifs is 5. The first-order chi connectivity index (χ1) is 32.2. The molecule has 1 nitrogen and oxygen atoms in total. The lowest BCUT2D eigenvalue weighted by atomic mass is 9.35. The predicted molar refractivity (Wildman–Crippen MR) is 211 cm³/mol. The number of thiophene rings is 1. The molecule has 0 amide bonds. The fraction of sp³-hybridized carbons (Fsp3) is 0. The third-order valence-corrected chi connectivity index (χ3v) is 10.7. The quantitative estimate of drug-likeness (QED) is 0.169. The second-order valence-electron chi connectivity index (χ2n) is 12.1. The van der Waals surface area contributed by atoms with Gasteiger partial charge in [0.15, 0.2) is 0 Å². The van der Waals surface area contributed by atoms with Crippen molar-refractivity contribution in [3.63, 3.8) is 0 Å². The monoisotopic (exact) mass is 655 g/mol. The summed E-state index contributed by atoms with van der Waals surface area (Å²) in [5.41, 5.74) is -1.64. The Balaban J connectivity index is 1.41. The molecule has 0 saturated carbocycles. The van der Waals surface area contributed by atoms with Crippen LogP contribution in [0.4, 0.5) is 0 Å². The van der Waals surface area contributed by atoms with Crippen molar-refractivity contribution < 1.29 is 30.5 Å². The van der Waals surface area contributed by atoms with Crippen molar-refractivity contribution in [2.75, 3.05) is 0 Å². The highest BCUT2D eigenvalue weighted by Gasteiger charge is 2.38. The predicted octanol–water partition coefficient (Wildman–Crippen LogP) is 10.9. The van der Waals surface area contributed by atoms with Gasteiger partial charge in [-0.2, -0.15) is 0 Å². The van der Waals surface area contributed by atoms with Crippen molar-refractivity contribution in [3.8, 4) is 44.5 Å². The van der Waals surface area contributed by atoms with E-state index in [0.717, 1.165) is 11.3 Å². The van der Waals surface area contributed by atoms with Crippen LogP contribution in [-0.4, -0.2) is 6.71 Å². The Hall–Kier alpha value is -5.90. The van der Waals surface area contributed by atoms with Crippen LogP contribution in [0.3, 0.4) is 0 Å². The second-order valence-corrected chi connectivity index (χ2v) is 13.1. The van der Waals surface area contributed by atoms with Gasteiger partial charge < -0.3 is 4.42 Å². The van der Waals surface area contributed by atoms with Crippen molar-refractivity contribution in [1.82, 2.24) is 0 Å². The minimum absolute atomic E-state index is 0.0452. The van der Waals surface area contributed by atoms with Gasteiger partial charge in [0, 0.05) is 25.6 Å². The average molecular weight is 656 g/mol. The molecule has 2 aromatic heterocycles. The van der Waals surface area contributed by atoms with Crippen LogP contribution in [0, 0.1) is 0 Å². The van der Waals surface area contributed by atoms with Crippen molar-refractivity contribution in [3.05, 3.63) is 151 Å². The van der Waals surface area contributed by atoms with Crippen LogP contribution in [0.2, 0.25) is 0 Å². The van der Waals surface area contributed by atoms with E-state index in [4.69, 9.17) is 20.9 Å². The Bertz CT molecular complexity index is 3940. The third-order valence-electron chi connectivity index (χ3n) is 9.65. The lowest BCUT2D eigenvalue weighted by molar-refractivity contribution is 0.669. The summed E-state index contributed by atoms with van der Waals surface area (Å²) in [5, 5.41) is 0.965. The summed E-state index contributed by atoms with van der Waals surface area (Å²) in [5.74, 6) is 0. The lowest BCUT2D eigenvalue weighted by Gasteiger charge is -2.23. The maximum Gasteiger partial charge on any atom is 0.244 e. The first-order valence-corrected chi connectivity index (χ1v) is 16.2. The number of hydrogen-bond donors (Lipinski definition) is 0. The molecule has 0 unspecified atom stereocenters. The van der Waals surface area contributed by atoms with Gasteiger partial charge in [-0.25, -0.2) is 0 Å². The molecule has 8 aromatic carbocycles. The number of furan rings is 1. The lowest BCUT2D eigenvalue weighted by Crippen LogP contribution is -2.53. The van der Waals surface area contributed by atoms with Crippen LogP contribution in [0.15, 0.2) is 156 Å². The van der Waals surface area contributed by atoms with Crippen LogP contribution in [0.25, 0.3) is 97.4 Å². The van der Waals surface area contributed by atoms with Gasteiger partial charge in [0.05, 0.1) is 26.0 Å². The van der Waals surface area contributed by atoms with Gasteiger partial charge in [0.25, 0.3) is 0 Å². The highest BCUT2D eigenvalue weighted by atomic mass is 32.1.